The molecule has 0 aliphatic carbocycles. The molecule has 2 N–H and O–H groups in total. The number of hydrogen-bond acceptors (Lipinski definition) is 2. The number of rotatable bonds is 3. The van der Waals surface area contributed by atoms with Crippen molar-refractivity contribution in [1.82, 2.24) is 5.32 Å². The van der Waals surface area contributed by atoms with Gasteiger partial charge in [-0.05, 0) is 22.9 Å². The van der Waals surface area contributed by atoms with Gasteiger partial charge in [-0.3, -0.25) is 4.79 Å². The highest BCUT2D eigenvalue weighted by Crippen LogP contribution is 2.24. The number of halogens is 1. The molecular formula is C14H12ClNO2. The van der Waals surface area contributed by atoms with Crippen molar-refractivity contribution in [3.8, 4) is 5.75 Å². The summed E-state index contributed by atoms with van der Waals surface area (Å²) in [5.41, 5.74) is 0.228. The molecular weight excluding hydrogens is 250 g/mol. The average molecular weight is 262 g/mol. The fraction of sp³-hybridized carbons (Fsp3) is 0.0714. The molecule has 0 fully saturated rings. The van der Waals surface area contributed by atoms with Gasteiger partial charge in [-0.2, -0.15) is 0 Å². The van der Waals surface area contributed by atoms with Gasteiger partial charge in [0.2, 0.25) is 0 Å². The van der Waals surface area contributed by atoms with Crippen LogP contribution in [0.5, 0.6) is 5.75 Å². The van der Waals surface area contributed by atoms with Crippen LogP contribution in [0.4, 0.5) is 0 Å². The SMILES string of the molecule is C=C(Cl)CNC(=O)c1cc2ccccc2cc1O. The Hall–Kier alpha value is -2.00. The predicted octanol–water partition coefficient (Wildman–Crippen LogP) is 3.03. The molecule has 0 unspecified atom stereocenters. The lowest BCUT2D eigenvalue weighted by Crippen LogP contribution is -2.24. The lowest BCUT2D eigenvalue weighted by molar-refractivity contribution is 0.0955. The van der Waals surface area contributed by atoms with E-state index in [-0.39, 0.29) is 23.8 Å². The Labute approximate surface area is 110 Å². The van der Waals surface area contributed by atoms with Crippen LogP contribution in [-0.4, -0.2) is 17.6 Å². The Kier molecular flexibility index (Phi) is 3.53. The predicted molar refractivity (Wildman–Crippen MR) is 72.9 cm³/mol. The minimum Gasteiger partial charge on any atom is -0.507 e. The van der Waals surface area contributed by atoms with Crippen LogP contribution in [0.3, 0.4) is 0 Å². The van der Waals surface area contributed by atoms with Gasteiger partial charge in [0.05, 0.1) is 12.1 Å². The summed E-state index contributed by atoms with van der Waals surface area (Å²) >= 11 is 5.57. The lowest BCUT2D eigenvalue weighted by Gasteiger charge is -2.07. The number of carbonyl (C=O) groups is 1. The number of nitrogens with one attached hydrogen (secondary N) is 1. The normalized spacial score (nSPS) is 10.3. The van der Waals surface area contributed by atoms with Gasteiger partial charge in [-0.1, -0.05) is 42.4 Å². The van der Waals surface area contributed by atoms with E-state index in [1.54, 1.807) is 12.1 Å². The van der Waals surface area contributed by atoms with Gasteiger partial charge in [0.1, 0.15) is 5.75 Å². The molecule has 2 aromatic carbocycles. The van der Waals surface area contributed by atoms with Crippen molar-refractivity contribution in [3.63, 3.8) is 0 Å². The third-order valence-corrected chi connectivity index (χ3v) is 2.68. The van der Waals surface area contributed by atoms with E-state index in [2.05, 4.69) is 11.9 Å². The van der Waals surface area contributed by atoms with Crippen LogP contribution in [0.2, 0.25) is 0 Å². The largest absolute Gasteiger partial charge is 0.507 e. The topological polar surface area (TPSA) is 49.3 Å². The van der Waals surface area contributed by atoms with E-state index in [9.17, 15) is 9.90 Å². The first-order valence-electron chi connectivity index (χ1n) is 5.41. The van der Waals surface area contributed by atoms with E-state index in [4.69, 9.17) is 11.6 Å². The van der Waals surface area contributed by atoms with Gasteiger partial charge in [-0.15, -0.1) is 0 Å². The number of benzene rings is 2. The maximum absolute atomic E-state index is 11.8. The Morgan fingerprint density at radius 3 is 2.50 bits per heavy atom. The third-order valence-electron chi connectivity index (χ3n) is 2.55. The zero-order valence-corrected chi connectivity index (χ0v) is 10.4. The molecule has 3 nitrogen and oxygen atoms in total. The molecule has 2 aromatic rings. The summed E-state index contributed by atoms with van der Waals surface area (Å²) in [5.74, 6) is -0.425. The summed E-state index contributed by atoms with van der Waals surface area (Å²) in [6, 6.07) is 10.7. The highest BCUT2D eigenvalue weighted by Gasteiger charge is 2.11. The monoisotopic (exact) mass is 261 g/mol. The number of phenols is 1. The number of hydrogen-bond donors (Lipinski definition) is 2. The van der Waals surface area contributed by atoms with Crippen molar-refractivity contribution < 1.29 is 9.90 Å². The summed E-state index contributed by atoms with van der Waals surface area (Å²) in [4.78, 5) is 11.8. The smallest absolute Gasteiger partial charge is 0.255 e. The first kappa shape index (κ1) is 12.5. The molecule has 0 aliphatic rings. The van der Waals surface area contributed by atoms with E-state index in [0.717, 1.165) is 10.8 Å². The van der Waals surface area contributed by atoms with Crippen LogP contribution < -0.4 is 5.32 Å². The van der Waals surface area contributed by atoms with Gasteiger partial charge in [-0.25, -0.2) is 0 Å². The zero-order chi connectivity index (χ0) is 13.1. The standard InChI is InChI=1S/C14H12ClNO2/c1-9(15)8-16-14(18)12-6-10-4-2-3-5-11(10)7-13(12)17/h2-7,17H,1,8H2,(H,16,18). The summed E-state index contributed by atoms with van der Waals surface area (Å²) in [6.45, 7) is 3.65. The summed E-state index contributed by atoms with van der Waals surface area (Å²) in [5, 5.41) is 14.5. The molecule has 0 aliphatic heterocycles. The molecule has 0 atom stereocenters. The molecule has 18 heavy (non-hydrogen) atoms. The van der Waals surface area contributed by atoms with Crippen LogP contribution in [0.15, 0.2) is 48.0 Å². The summed E-state index contributed by atoms with van der Waals surface area (Å²) < 4.78 is 0. The second-order valence-corrected chi connectivity index (χ2v) is 4.45. The van der Waals surface area contributed by atoms with Crippen LogP contribution in [-0.2, 0) is 0 Å². The number of aromatic hydroxyl groups is 1. The Morgan fingerprint density at radius 2 is 1.89 bits per heavy atom. The first-order valence-corrected chi connectivity index (χ1v) is 5.79. The first-order chi connectivity index (χ1) is 8.58. The van der Waals surface area contributed by atoms with Crippen LogP contribution in [0, 0.1) is 0 Å². The fourth-order valence-corrected chi connectivity index (χ4v) is 1.75. The molecule has 0 aromatic heterocycles. The second kappa shape index (κ2) is 5.10. The Morgan fingerprint density at radius 1 is 1.28 bits per heavy atom. The van der Waals surface area contributed by atoms with E-state index in [1.807, 2.05) is 24.3 Å². The minimum absolute atomic E-state index is 0.0496. The molecule has 4 heteroatoms. The van der Waals surface area contributed by atoms with Crippen molar-refractivity contribution in [2.75, 3.05) is 6.54 Å². The van der Waals surface area contributed by atoms with E-state index in [0.29, 0.717) is 5.03 Å². The van der Waals surface area contributed by atoms with Crippen LogP contribution >= 0.6 is 11.6 Å². The van der Waals surface area contributed by atoms with E-state index < -0.39 is 0 Å². The molecule has 0 radical (unpaired) electrons. The average Bonchev–Trinajstić information content (AvgIpc) is 2.35. The molecule has 92 valence electrons. The quantitative estimate of drug-likeness (QED) is 0.892. The molecule has 0 saturated carbocycles. The van der Waals surface area contributed by atoms with Crippen molar-refractivity contribution in [2.45, 2.75) is 0 Å². The molecule has 0 saturated heterocycles. The number of carbonyl (C=O) groups excluding carboxylic acids is 1. The maximum atomic E-state index is 11.8. The highest BCUT2D eigenvalue weighted by molar-refractivity contribution is 6.29. The van der Waals surface area contributed by atoms with E-state index in [1.165, 1.54) is 0 Å². The minimum atomic E-state index is -0.375. The highest BCUT2D eigenvalue weighted by atomic mass is 35.5. The van der Waals surface area contributed by atoms with Crippen molar-refractivity contribution >= 4 is 28.3 Å². The van der Waals surface area contributed by atoms with Crippen molar-refractivity contribution in [2.24, 2.45) is 0 Å². The summed E-state index contributed by atoms with van der Waals surface area (Å²) in [7, 11) is 0. The van der Waals surface area contributed by atoms with Crippen molar-refractivity contribution in [1.29, 1.82) is 0 Å². The fourth-order valence-electron chi connectivity index (χ4n) is 1.68. The van der Waals surface area contributed by atoms with E-state index >= 15 is 0 Å². The Bertz CT molecular complexity index is 622. The lowest BCUT2D eigenvalue weighted by atomic mass is 10.1. The zero-order valence-electron chi connectivity index (χ0n) is 9.61. The second-order valence-electron chi connectivity index (χ2n) is 3.92. The number of amides is 1. The van der Waals surface area contributed by atoms with Gasteiger partial charge in [0, 0.05) is 5.03 Å². The number of fused-ring (bicyclic) bond motifs is 1. The van der Waals surface area contributed by atoms with Crippen LogP contribution in [0.1, 0.15) is 10.4 Å². The molecule has 2 rings (SSSR count). The molecule has 0 heterocycles. The molecule has 1 amide bonds. The van der Waals surface area contributed by atoms with Gasteiger partial charge >= 0.3 is 0 Å². The third kappa shape index (κ3) is 2.63. The number of phenolic OH excluding ortho intramolecular Hbond substituents is 1. The van der Waals surface area contributed by atoms with Crippen molar-refractivity contribution in [3.05, 3.63) is 53.6 Å². The van der Waals surface area contributed by atoms with Crippen LogP contribution in [0.25, 0.3) is 10.8 Å². The molecule has 0 bridgehead atoms. The summed E-state index contributed by atoms with van der Waals surface area (Å²) in [6.07, 6.45) is 0. The Balaban J connectivity index is 2.35. The van der Waals surface area contributed by atoms with Gasteiger partial charge in [0.15, 0.2) is 0 Å². The molecule has 0 spiro atoms. The maximum Gasteiger partial charge on any atom is 0.255 e. The van der Waals surface area contributed by atoms with Gasteiger partial charge < -0.3 is 10.4 Å². The van der Waals surface area contributed by atoms with Gasteiger partial charge in [0.25, 0.3) is 5.91 Å².